The zero-order chi connectivity index (χ0) is 30.0. The predicted octanol–water partition coefficient (Wildman–Crippen LogP) is 2.63. The van der Waals surface area contributed by atoms with Crippen molar-refractivity contribution in [2.45, 2.75) is 45.3 Å². The van der Waals surface area contributed by atoms with Crippen molar-refractivity contribution in [3.63, 3.8) is 0 Å². The van der Waals surface area contributed by atoms with Crippen LogP contribution < -0.4 is 5.69 Å². The van der Waals surface area contributed by atoms with E-state index < -0.39 is 24.5 Å². The highest BCUT2D eigenvalue weighted by molar-refractivity contribution is 6.30. The maximum atomic E-state index is 13.1. The smallest absolute Gasteiger partial charge is 0.382 e. The normalized spacial score (nSPS) is 12.5. The monoisotopic (exact) mass is 601 g/mol. The van der Waals surface area contributed by atoms with Gasteiger partial charge in [-0.15, -0.1) is 10.2 Å². The minimum atomic E-state index is -4.95. The molecule has 0 saturated carbocycles. The maximum Gasteiger partial charge on any atom is 0.416 e. The molecule has 0 unspecified atom stereocenters. The summed E-state index contributed by atoms with van der Waals surface area (Å²) in [5.74, 6) is -0.111. The highest BCUT2D eigenvalue weighted by Gasteiger charge is 2.39. The first kappa shape index (κ1) is 28.9. The molecule has 4 heterocycles. The van der Waals surface area contributed by atoms with Crippen LogP contribution in [-0.4, -0.2) is 67.0 Å². The van der Waals surface area contributed by atoms with Crippen molar-refractivity contribution in [2.75, 3.05) is 0 Å². The first-order valence-electron chi connectivity index (χ1n) is 12.5. The lowest BCUT2D eigenvalue weighted by Crippen LogP contribution is -2.37. The van der Waals surface area contributed by atoms with Crippen LogP contribution in [0.1, 0.15) is 17.1 Å². The van der Waals surface area contributed by atoms with Gasteiger partial charge in [-0.25, -0.2) is 19.1 Å². The van der Waals surface area contributed by atoms with Crippen molar-refractivity contribution in [2.24, 2.45) is 0 Å². The summed E-state index contributed by atoms with van der Waals surface area (Å²) in [7, 11) is 0. The molecule has 0 spiro atoms. The third kappa shape index (κ3) is 6.47. The van der Waals surface area contributed by atoms with Crippen LogP contribution in [0.4, 0.5) is 13.2 Å². The van der Waals surface area contributed by atoms with Gasteiger partial charge in [0.25, 0.3) is 0 Å². The number of aliphatic hydroxyl groups is 1. The summed E-state index contributed by atoms with van der Waals surface area (Å²) in [4.78, 5) is 34.3. The first-order valence-corrected chi connectivity index (χ1v) is 12.9. The summed E-state index contributed by atoms with van der Waals surface area (Å²) >= 11 is 5.93. The molecule has 4 aromatic heterocycles. The second kappa shape index (κ2) is 11.7. The van der Waals surface area contributed by atoms with Crippen LogP contribution in [0.5, 0.6) is 0 Å². The molecule has 16 heteroatoms. The third-order valence-corrected chi connectivity index (χ3v) is 6.42. The number of pyridine rings is 1. The van der Waals surface area contributed by atoms with Crippen molar-refractivity contribution < 1.29 is 23.1 Å². The predicted molar refractivity (Wildman–Crippen MR) is 143 cm³/mol. The SMILES string of the molecule is Cc1cnn(CC(=O)Cc2ncccc2-n2cnc(Cn3nc(-c4ccc(Cl)cc4)n(C[C@H](O)C(F)(F)F)c3=O)n2)c1. The number of carbonyl (C=O) groups excluding carboxylic acids is 1. The van der Waals surface area contributed by atoms with E-state index in [1.165, 1.54) is 40.0 Å². The fourth-order valence-electron chi connectivity index (χ4n) is 4.17. The summed E-state index contributed by atoms with van der Waals surface area (Å²) in [6, 6.07) is 9.36. The number of halogens is 4. The van der Waals surface area contributed by atoms with E-state index in [0.29, 0.717) is 22.0 Å². The lowest BCUT2D eigenvalue weighted by atomic mass is 10.1. The van der Waals surface area contributed by atoms with Crippen LogP contribution in [0.25, 0.3) is 17.1 Å². The Hall–Kier alpha value is -4.63. The molecular formula is C26H23ClF3N9O3. The Balaban J connectivity index is 1.40. The zero-order valence-corrected chi connectivity index (χ0v) is 22.7. The fourth-order valence-corrected chi connectivity index (χ4v) is 4.29. The molecule has 1 aromatic carbocycles. The minimum absolute atomic E-state index is 0.000122. The summed E-state index contributed by atoms with van der Waals surface area (Å²) < 4.78 is 44.0. The Morgan fingerprint density at radius 1 is 1.12 bits per heavy atom. The van der Waals surface area contributed by atoms with E-state index in [0.717, 1.165) is 14.8 Å². The largest absolute Gasteiger partial charge is 0.416 e. The average molecular weight is 602 g/mol. The van der Waals surface area contributed by atoms with Crippen LogP contribution in [0, 0.1) is 6.92 Å². The lowest BCUT2D eigenvalue weighted by molar-refractivity contribution is -0.207. The molecular weight excluding hydrogens is 579 g/mol. The molecule has 5 aromatic rings. The number of ketones is 1. The molecule has 0 fully saturated rings. The second-order valence-electron chi connectivity index (χ2n) is 9.44. The number of aromatic nitrogens is 9. The van der Waals surface area contributed by atoms with Gasteiger partial charge in [-0.3, -0.25) is 19.0 Å². The number of aliphatic hydroxyl groups excluding tert-OH is 1. The van der Waals surface area contributed by atoms with Crippen LogP contribution in [-0.2, 0) is 30.8 Å². The van der Waals surface area contributed by atoms with Gasteiger partial charge in [-0.1, -0.05) is 11.6 Å². The summed E-state index contributed by atoms with van der Waals surface area (Å²) in [5, 5.41) is 22.8. The number of hydrogen-bond acceptors (Lipinski definition) is 8. The average Bonchev–Trinajstić information content (AvgIpc) is 3.65. The van der Waals surface area contributed by atoms with E-state index in [-0.39, 0.29) is 36.9 Å². The van der Waals surface area contributed by atoms with E-state index >= 15 is 0 Å². The van der Waals surface area contributed by atoms with Crippen molar-refractivity contribution in [1.29, 1.82) is 0 Å². The topological polar surface area (TPSA) is 139 Å². The van der Waals surface area contributed by atoms with E-state index in [4.69, 9.17) is 11.6 Å². The highest BCUT2D eigenvalue weighted by atomic mass is 35.5. The fraction of sp³-hybridized carbons (Fsp3) is 0.269. The summed E-state index contributed by atoms with van der Waals surface area (Å²) in [5.41, 5.74) is 1.26. The molecule has 1 N–H and O–H groups in total. The Bertz CT molecular complexity index is 1770. The quantitative estimate of drug-likeness (QED) is 0.258. The second-order valence-corrected chi connectivity index (χ2v) is 9.88. The number of hydrogen-bond donors (Lipinski definition) is 1. The van der Waals surface area contributed by atoms with Crippen molar-refractivity contribution in [3.8, 4) is 17.1 Å². The number of aryl methyl sites for hydroxylation is 1. The van der Waals surface area contributed by atoms with E-state index in [1.807, 2.05) is 6.92 Å². The Morgan fingerprint density at radius 2 is 1.88 bits per heavy atom. The highest BCUT2D eigenvalue weighted by Crippen LogP contribution is 2.24. The van der Waals surface area contributed by atoms with Gasteiger partial charge in [0.15, 0.2) is 23.5 Å². The standard InChI is InChI=1S/C26H23ClF3N9O3/c1-16-10-33-36(11-16)12-19(40)9-20-21(3-2-8-31-20)39-15-32-23(34-39)14-38-25(42)37(13-22(41)26(28,29)30)24(35-38)17-4-6-18(27)7-5-17/h2-8,10-11,15,22,41H,9,12-14H2,1H3/t22-/m0/s1. The van der Waals surface area contributed by atoms with Gasteiger partial charge in [-0.2, -0.15) is 18.3 Å². The molecule has 12 nitrogen and oxygen atoms in total. The van der Waals surface area contributed by atoms with E-state index in [9.17, 15) is 27.9 Å². The summed E-state index contributed by atoms with van der Waals surface area (Å²) in [6.45, 7) is 0.592. The zero-order valence-electron chi connectivity index (χ0n) is 22.0. The molecule has 0 aliphatic rings. The van der Waals surface area contributed by atoms with Crippen molar-refractivity contribution in [3.05, 3.63) is 93.9 Å². The Kier molecular flexibility index (Phi) is 8.04. The van der Waals surface area contributed by atoms with Gasteiger partial charge < -0.3 is 5.11 Å². The first-order chi connectivity index (χ1) is 20.0. The molecule has 0 saturated heterocycles. The third-order valence-electron chi connectivity index (χ3n) is 6.17. The van der Waals surface area contributed by atoms with Crippen LogP contribution in [0.2, 0.25) is 5.02 Å². The molecule has 0 aliphatic carbocycles. The van der Waals surface area contributed by atoms with Crippen LogP contribution >= 0.6 is 11.6 Å². The molecule has 1 atom stereocenters. The van der Waals surface area contributed by atoms with Gasteiger partial charge in [0.2, 0.25) is 0 Å². The van der Waals surface area contributed by atoms with Gasteiger partial charge in [-0.05, 0) is 48.9 Å². The summed E-state index contributed by atoms with van der Waals surface area (Å²) in [6.07, 6.45) is -1.41. The number of alkyl halides is 3. The number of benzene rings is 1. The van der Waals surface area contributed by atoms with Crippen LogP contribution in [0.15, 0.2) is 66.1 Å². The lowest BCUT2D eigenvalue weighted by Gasteiger charge is -2.15. The maximum absolute atomic E-state index is 13.1. The molecule has 0 radical (unpaired) electrons. The van der Waals surface area contributed by atoms with Gasteiger partial charge in [0, 0.05) is 23.0 Å². The molecule has 0 bridgehead atoms. The van der Waals surface area contributed by atoms with Crippen LogP contribution in [0.3, 0.4) is 0 Å². The van der Waals surface area contributed by atoms with E-state index in [1.54, 1.807) is 30.7 Å². The number of rotatable bonds is 10. The van der Waals surface area contributed by atoms with Gasteiger partial charge in [0.05, 0.1) is 37.1 Å². The van der Waals surface area contributed by atoms with Gasteiger partial charge in [0.1, 0.15) is 12.9 Å². The molecule has 5 rings (SSSR count). The van der Waals surface area contributed by atoms with Crippen molar-refractivity contribution >= 4 is 17.4 Å². The van der Waals surface area contributed by atoms with E-state index in [2.05, 4.69) is 25.3 Å². The molecule has 0 aliphatic heterocycles. The minimum Gasteiger partial charge on any atom is -0.382 e. The molecule has 0 amide bonds. The number of Topliss-reactive ketones (excluding diaryl/α,β-unsaturated/α-hetero) is 1. The molecule has 42 heavy (non-hydrogen) atoms. The Morgan fingerprint density at radius 3 is 2.57 bits per heavy atom. The Labute approximate surface area is 240 Å². The van der Waals surface area contributed by atoms with Crippen molar-refractivity contribution in [1.82, 2.24) is 43.9 Å². The number of carbonyl (C=O) groups is 1. The van der Waals surface area contributed by atoms with Gasteiger partial charge >= 0.3 is 11.9 Å². The molecule has 218 valence electrons. The number of nitrogens with zero attached hydrogens (tertiary/aromatic N) is 9.